The Bertz CT molecular complexity index is 206. The number of alkyl halides is 2. The molecule has 0 radical (unpaired) electrons. The molecule has 2 atom stereocenters. The zero-order chi connectivity index (χ0) is 8.27. The van der Waals surface area contributed by atoms with Crippen molar-refractivity contribution in [3.8, 4) is 0 Å². The molecule has 0 spiro atoms. The Morgan fingerprint density at radius 2 is 1.64 bits per heavy atom. The van der Waals surface area contributed by atoms with Crippen molar-refractivity contribution >= 4 is 23.2 Å². The normalized spacial score (nSPS) is 15.9. The van der Waals surface area contributed by atoms with E-state index in [1.807, 2.05) is 37.3 Å². The summed E-state index contributed by atoms with van der Waals surface area (Å²) >= 11 is 11.8. The van der Waals surface area contributed by atoms with Gasteiger partial charge in [0.2, 0.25) is 0 Å². The molecular formula is C9H10Cl2. The highest BCUT2D eigenvalue weighted by Crippen LogP contribution is 2.26. The first-order valence-electron chi connectivity index (χ1n) is 3.55. The van der Waals surface area contributed by atoms with Crippen LogP contribution in [-0.2, 0) is 0 Å². The third-order valence-corrected chi connectivity index (χ3v) is 2.53. The Hall–Kier alpha value is -0.200. The van der Waals surface area contributed by atoms with E-state index in [4.69, 9.17) is 23.2 Å². The second kappa shape index (κ2) is 3.99. The second-order valence-corrected chi connectivity index (χ2v) is 3.65. The number of halogens is 2. The Balaban J connectivity index is 2.77. The van der Waals surface area contributed by atoms with Crippen LogP contribution in [0.3, 0.4) is 0 Å². The van der Waals surface area contributed by atoms with E-state index in [0.717, 1.165) is 5.56 Å². The summed E-state index contributed by atoms with van der Waals surface area (Å²) in [5.74, 6) is 0. The van der Waals surface area contributed by atoms with E-state index < -0.39 is 0 Å². The van der Waals surface area contributed by atoms with E-state index in [9.17, 15) is 0 Å². The lowest BCUT2D eigenvalue weighted by atomic mass is 10.1. The summed E-state index contributed by atoms with van der Waals surface area (Å²) in [6, 6.07) is 9.85. The summed E-state index contributed by atoms with van der Waals surface area (Å²) in [5.41, 5.74) is 1.08. The molecular weight excluding hydrogens is 179 g/mol. The summed E-state index contributed by atoms with van der Waals surface area (Å²) < 4.78 is 0. The topological polar surface area (TPSA) is 0 Å². The van der Waals surface area contributed by atoms with Crippen molar-refractivity contribution in [2.24, 2.45) is 0 Å². The fraction of sp³-hybridized carbons (Fsp3) is 0.333. The summed E-state index contributed by atoms with van der Waals surface area (Å²) in [5, 5.41) is -0.114. The van der Waals surface area contributed by atoms with Crippen molar-refractivity contribution in [1.29, 1.82) is 0 Å². The number of rotatable bonds is 2. The van der Waals surface area contributed by atoms with Crippen LogP contribution in [0.1, 0.15) is 17.9 Å². The number of hydrogen-bond acceptors (Lipinski definition) is 0. The molecule has 1 aromatic carbocycles. The molecule has 0 aliphatic heterocycles. The van der Waals surface area contributed by atoms with Gasteiger partial charge in [-0.25, -0.2) is 0 Å². The molecule has 0 nitrogen and oxygen atoms in total. The highest BCUT2D eigenvalue weighted by molar-refractivity contribution is 6.29. The molecule has 0 aliphatic carbocycles. The Morgan fingerprint density at radius 1 is 1.09 bits per heavy atom. The third kappa shape index (κ3) is 2.39. The highest BCUT2D eigenvalue weighted by atomic mass is 35.5. The molecule has 0 heterocycles. The smallest absolute Gasteiger partial charge is 0.0746 e. The molecule has 11 heavy (non-hydrogen) atoms. The van der Waals surface area contributed by atoms with Crippen LogP contribution in [0.15, 0.2) is 30.3 Å². The van der Waals surface area contributed by atoms with Gasteiger partial charge in [-0.2, -0.15) is 0 Å². The molecule has 1 rings (SSSR count). The van der Waals surface area contributed by atoms with Gasteiger partial charge in [0, 0.05) is 0 Å². The van der Waals surface area contributed by atoms with Crippen molar-refractivity contribution < 1.29 is 0 Å². The maximum absolute atomic E-state index is 6.01. The van der Waals surface area contributed by atoms with Gasteiger partial charge in [-0.05, 0) is 12.5 Å². The predicted octanol–water partition coefficient (Wildman–Crippen LogP) is 3.59. The molecule has 2 heteroatoms. The van der Waals surface area contributed by atoms with E-state index in [1.165, 1.54) is 0 Å². The van der Waals surface area contributed by atoms with Crippen LogP contribution < -0.4 is 0 Å². The van der Waals surface area contributed by atoms with Crippen LogP contribution in [0.25, 0.3) is 0 Å². The minimum Gasteiger partial charge on any atom is -0.121 e. The van der Waals surface area contributed by atoms with Gasteiger partial charge in [0.15, 0.2) is 0 Å². The van der Waals surface area contributed by atoms with Crippen LogP contribution >= 0.6 is 23.2 Å². The predicted molar refractivity (Wildman–Crippen MR) is 50.4 cm³/mol. The minimum atomic E-state index is -0.0853. The van der Waals surface area contributed by atoms with Crippen LogP contribution in [0, 0.1) is 0 Å². The molecule has 0 bridgehead atoms. The van der Waals surface area contributed by atoms with Crippen molar-refractivity contribution in [2.75, 3.05) is 0 Å². The molecule has 0 aliphatic rings. The summed E-state index contributed by atoms with van der Waals surface area (Å²) in [6.45, 7) is 1.90. The molecule has 0 saturated heterocycles. The minimum absolute atomic E-state index is 0.0286. The standard InChI is InChI=1S/C9H10Cl2/c1-7(10)9(11)8-5-3-2-4-6-8/h2-7,9H,1H3/t7-,9-/m1/s1. The van der Waals surface area contributed by atoms with Crippen LogP contribution in [0.4, 0.5) is 0 Å². The third-order valence-electron chi connectivity index (χ3n) is 1.52. The first-order valence-corrected chi connectivity index (χ1v) is 4.42. The van der Waals surface area contributed by atoms with Gasteiger partial charge < -0.3 is 0 Å². The Labute approximate surface area is 77.1 Å². The molecule has 60 valence electrons. The van der Waals surface area contributed by atoms with Crippen molar-refractivity contribution in [3.63, 3.8) is 0 Å². The van der Waals surface area contributed by atoms with Crippen LogP contribution in [-0.4, -0.2) is 5.38 Å². The first-order chi connectivity index (χ1) is 5.22. The maximum atomic E-state index is 6.01. The maximum Gasteiger partial charge on any atom is 0.0746 e. The zero-order valence-corrected chi connectivity index (χ0v) is 7.81. The molecule has 0 N–H and O–H groups in total. The molecule has 0 fully saturated rings. The molecule has 0 aromatic heterocycles. The van der Waals surface area contributed by atoms with Crippen LogP contribution in [0.5, 0.6) is 0 Å². The number of benzene rings is 1. The summed E-state index contributed by atoms with van der Waals surface area (Å²) in [7, 11) is 0. The lowest BCUT2D eigenvalue weighted by Crippen LogP contribution is -2.01. The van der Waals surface area contributed by atoms with Gasteiger partial charge in [0.05, 0.1) is 10.8 Å². The van der Waals surface area contributed by atoms with Gasteiger partial charge >= 0.3 is 0 Å². The SMILES string of the molecule is C[C@@H](Cl)[C@@H](Cl)c1ccccc1. The quantitative estimate of drug-likeness (QED) is 0.623. The van der Waals surface area contributed by atoms with E-state index in [2.05, 4.69) is 0 Å². The van der Waals surface area contributed by atoms with E-state index in [1.54, 1.807) is 0 Å². The Kier molecular flexibility index (Phi) is 3.22. The largest absolute Gasteiger partial charge is 0.121 e. The van der Waals surface area contributed by atoms with Crippen molar-refractivity contribution in [3.05, 3.63) is 35.9 Å². The lowest BCUT2D eigenvalue weighted by molar-refractivity contribution is 0.893. The average molecular weight is 189 g/mol. The zero-order valence-electron chi connectivity index (χ0n) is 6.30. The molecule has 1 aromatic rings. The van der Waals surface area contributed by atoms with Crippen molar-refractivity contribution in [2.45, 2.75) is 17.7 Å². The second-order valence-electron chi connectivity index (χ2n) is 2.49. The Morgan fingerprint density at radius 3 is 2.09 bits per heavy atom. The van der Waals surface area contributed by atoms with Crippen LogP contribution in [0.2, 0.25) is 0 Å². The van der Waals surface area contributed by atoms with E-state index in [-0.39, 0.29) is 10.8 Å². The number of hydrogen-bond donors (Lipinski definition) is 0. The van der Waals surface area contributed by atoms with Gasteiger partial charge in [-0.1, -0.05) is 30.3 Å². The van der Waals surface area contributed by atoms with Gasteiger partial charge in [0.25, 0.3) is 0 Å². The molecule has 0 saturated carbocycles. The van der Waals surface area contributed by atoms with E-state index >= 15 is 0 Å². The fourth-order valence-corrected chi connectivity index (χ4v) is 1.19. The molecule has 0 unspecified atom stereocenters. The van der Waals surface area contributed by atoms with E-state index in [0.29, 0.717) is 0 Å². The highest BCUT2D eigenvalue weighted by Gasteiger charge is 2.12. The fourth-order valence-electron chi connectivity index (χ4n) is 0.902. The monoisotopic (exact) mass is 188 g/mol. The lowest BCUT2D eigenvalue weighted by Gasteiger charge is -2.10. The average Bonchev–Trinajstić information content (AvgIpc) is 2.05. The van der Waals surface area contributed by atoms with Gasteiger partial charge in [-0.15, -0.1) is 23.2 Å². The van der Waals surface area contributed by atoms with Gasteiger partial charge in [-0.3, -0.25) is 0 Å². The molecule has 0 amide bonds. The first kappa shape index (κ1) is 8.89. The summed E-state index contributed by atoms with van der Waals surface area (Å²) in [4.78, 5) is 0. The van der Waals surface area contributed by atoms with Crippen molar-refractivity contribution in [1.82, 2.24) is 0 Å². The van der Waals surface area contributed by atoms with Gasteiger partial charge in [0.1, 0.15) is 0 Å². The summed E-state index contributed by atoms with van der Waals surface area (Å²) in [6.07, 6.45) is 0.